The molecular weight excluding hydrogens is 257 g/mol. The van der Waals surface area contributed by atoms with Gasteiger partial charge in [0.1, 0.15) is 5.82 Å². The Morgan fingerprint density at radius 2 is 1.60 bits per heavy atom. The quantitative estimate of drug-likeness (QED) is 0.932. The van der Waals surface area contributed by atoms with Gasteiger partial charge in [-0.2, -0.15) is 0 Å². The maximum atomic E-state index is 14.2. The number of hydrogen-bond acceptors (Lipinski definition) is 3. The fraction of sp³-hybridized carbons (Fsp3) is 0.250. The molecule has 0 spiro atoms. The Kier molecular flexibility index (Phi) is 4.25. The molecule has 2 rings (SSSR count). The van der Waals surface area contributed by atoms with E-state index in [9.17, 15) is 4.39 Å². The zero-order valence-electron chi connectivity index (χ0n) is 11.8. The van der Waals surface area contributed by atoms with Crippen LogP contribution in [-0.2, 0) is 0 Å². The highest BCUT2D eigenvalue weighted by Gasteiger charge is 2.19. The summed E-state index contributed by atoms with van der Waals surface area (Å²) in [7, 11) is 2.98. The van der Waals surface area contributed by atoms with E-state index in [-0.39, 0.29) is 0 Å². The highest BCUT2D eigenvalue weighted by Crippen LogP contribution is 2.34. The number of methoxy groups -OCH3 is 2. The second-order valence-electron chi connectivity index (χ2n) is 4.56. The van der Waals surface area contributed by atoms with Gasteiger partial charge in [-0.25, -0.2) is 4.39 Å². The van der Waals surface area contributed by atoms with Crippen LogP contribution in [0.3, 0.4) is 0 Å². The van der Waals surface area contributed by atoms with E-state index < -0.39 is 11.9 Å². The third kappa shape index (κ3) is 2.60. The molecule has 0 bridgehead atoms. The Hall–Kier alpha value is -2.07. The van der Waals surface area contributed by atoms with Gasteiger partial charge in [-0.3, -0.25) is 0 Å². The summed E-state index contributed by atoms with van der Waals surface area (Å²) >= 11 is 0. The Labute approximate surface area is 118 Å². The van der Waals surface area contributed by atoms with Crippen LogP contribution in [0.5, 0.6) is 11.5 Å². The summed E-state index contributed by atoms with van der Waals surface area (Å²) in [5, 5.41) is 0. The molecule has 106 valence electrons. The largest absolute Gasteiger partial charge is 0.493 e. The molecule has 0 aliphatic rings. The summed E-state index contributed by atoms with van der Waals surface area (Å²) in [6.45, 7) is 1.95. The van der Waals surface area contributed by atoms with Gasteiger partial charge in [0.2, 0.25) is 0 Å². The molecule has 3 nitrogen and oxygen atoms in total. The molecule has 0 amide bonds. The molecule has 0 heterocycles. The van der Waals surface area contributed by atoms with Gasteiger partial charge < -0.3 is 15.2 Å². The number of benzene rings is 2. The van der Waals surface area contributed by atoms with E-state index in [1.165, 1.54) is 20.3 Å². The van der Waals surface area contributed by atoms with E-state index in [4.69, 9.17) is 15.2 Å². The van der Waals surface area contributed by atoms with Crippen LogP contribution in [0.15, 0.2) is 36.4 Å². The molecule has 2 aromatic rings. The molecule has 20 heavy (non-hydrogen) atoms. The minimum atomic E-state index is -0.545. The minimum Gasteiger partial charge on any atom is -0.493 e. The standard InChI is InChI=1S/C16H18FNO2/c1-10-6-4-5-7-11(10)16(18)12-8-14(19-2)15(20-3)9-13(12)17/h4-9,16H,18H2,1-3H3. The fourth-order valence-electron chi connectivity index (χ4n) is 2.21. The van der Waals surface area contributed by atoms with Crippen molar-refractivity contribution in [3.05, 3.63) is 58.9 Å². The summed E-state index contributed by atoms with van der Waals surface area (Å²) in [5.74, 6) is 0.414. The zero-order chi connectivity index (χ0) is 14.7. The van der Waals surface area contributed by atoms with Gasteiger partial charge in [-0.05, 0) is 24.1 Å². The first kappa shape index (κ1) is 14.3. The van der Waals surface area contributed by atoms with Gasteiger partial charge in [0.15, 0.2) is 11.5 Å². The van der Waals surface area contributed by atoms with Gasteiger partial charge in [0.25, 0.3) is 0 Å². The molecule has 2 aromatic carbocycles. The predicted octanol–water partition coefficient (Wildman–Crippen LogP) is 3.20. The lowest BCUT2D eigenvalue weighted by Gasteiger charge is -2.18. The second kappa shape index (κ2) is 5.92. The highest BCUT2D eigenvalue weighted by atomic mass is 19.1. The summed E-state index contributed by atoms with van der Waals surface area (Å²) < 4.78 is 24.5. The third-order valence-corrected chi connectivity index (χ3v) is 3.36. The monoisotopic (exact) mass is 275 g/mol. The van der Waals surface area contributed by atoms with Crippen LogP contribution in [0.4, 0.5) is 4.39 Å². The first-order valence-corrected chi connectivity index (χ1v) is 6.31. The van der Waals surface area contributed by atoms with Crippen molar-refractivity contribution in [3.8, 4) is 11.5 Å². The zero-order valence-corrected chi connectivity index (χ0v) is 11.8. The maximum absolute atomic E-state index is 14.2. The molecule has 0 fully saturated rings. The van der Waals surface area contributed by atoms with Crippen molar-refractivity contribution < 1.29 is 13.9 Å². The Morgan fingerprint density at radius 1 is 1.00 bits per heavy atom. The second-order valence-corrected chi connectivity index (χ2v) is 4.56. The number of hydrogen-bond donors (Lipinski definition) is 1. The number of halogens is 1. The molecule has 0 saturated heterocycles. The summed E-state index contributed by atoms with van der Waals surface area (Å²) in [4.78, 5) is 0. The van der Waals surface area contributed by atoms with Crippen LogP contribution < -0.4 is 15.2 Å². The molecule has 0 aliphatic carbocycles. The van der Waals surface area contributed by atoms with Crippen molar-refractivity contribution in [1.29, 1.82) is 0 Å². The predicted molar refractivity (Wildman–Crippen MR) is 76.7 cm³/mol. The molecule has 0 saturated carbocycles. The van der Waals surface area contributed by atoms with Crippen molar-refractivity contribution in [3.63, 3.8) is 0 Å². The van der Waals surface area contributed by atoms with Crippen molar-refractivity contribution >= 4 is 0 Å². The highest BCUT2D eigenvalue weighted by molar-refractivity contribution is 5.47. The summed E-state index contributed by atoms with van der Waals surface area (Å²) in [6, 6.07) is 10.0. The fourth-order valence-corrected chi connectivity index (χ4v) is 2.21. The normalized spacial score (nSPS) is 12.1. The topological polar surface area (TPSA) is 44.5 Å². The summed E-state index contributed by atoms with van der Waals surface area (Å²) in [6.07, 6.45) is 0. The lowest BCUT2D eigenvalue weighted by atomic mass is 9.95. The number of ether oxygens (including phenoxy) is 2. The van der Waals surface area contributed by atoms with Crippen LogP contribution >= 0.6 is 0 Å². The van der Waals surface area contributed by atoms with Gasteiger partial charge >= 0.3 is 0 Å². The minimum absolute atomic E-state index is 0.353. The number of rotatable bonds is 4. The molecule has 0 aromatic heterocycles. The Balaban J connectivity index is 2.50. The lowest BCUT2D eigenvalue weighted by Crippen LogP contribution is -2.15. The molecule has 0 aliphatic heterocycles. The van der Waals surface area contributed by atoms with Gasteiger partial charge in [-0.15, -0.1) is 0 Å². The molecule has 0 radical (unpaired) electrons. The molecule has 1 atom stereocenters. The van der Waals surface area contributed by atoms with Crippen molar-refractivity contribution in [2.75, 3.05) is 14.2 Å². The average molecular weight is 275 g/mol. The first-order valence-electron chi connectivity index (χ1n) is 6.31. The van der Waals surface area contributed by atoms with Crippen LogP contribution in [-0.4, -0.2) is 14.2 Å². The number of aryl methyl sites for hydroxylation is 1. The Morgan fingerprint density at radius 3 is 2.20 bits per heavy atom. The van der Waals surface area contributed by atoms with Gasteiger partial charge in [0.05, 0.1) is 20.3 Å². The third-order valence-electron chi connectivity index (χ3n) is 3.36. The summed E-state index contributed by atoms with van der Waals surface area (Å²) in [5.41, 5.74) is 8.49. The van der Waals surface area contributed by atoms with Crippen LogP contribution in [0, 0.1) is 12.7 Å². The smallest absolute Gasteiger partial charge is 0.163 e. The lowest BCUT2D eigenvalue weighted by molar-refractivity contribution is 0.351. The van der Waals surface area contributed by atoms with E-state index in [1.807, 2.05) is 31.2 Å². The van der Waals surface area contributed by atoms with Crippen molar-refractivity contribution in [2.24, 2.45) is 5.73 Å². The molecule has 4 heteroatoms. The van der Waals surface area contributed by atoms with Crippen LogP contribution in [0.25, 0.3) is 0 Å². The van der Waals surface area contributed by atoms with E-state index in [2.05, 4.69) is 0 Å². The SMILES string of the molecule is COc1cc(F)c(C(N)c2ccccc2C)cc1OC. The van der Waals surface area contributed by atoms with E-state index in [1.54, 1.807) is 6.07 Å². The van der Waals surface area contributed by atoms with Crippen LogP contribution in [0.1, 0.15) is 22.7 Å². The Bertz CT molecular complexity index is 613. The van der Waals surface area contributed by atoms with E-state index in [0.29, 0.717) is 17.1 Å². The van der Waals surface area contributed by atoms with Crippen LogP contribution in [0.2, 0.25) is 0 Å². The van der Waals surface area contributed by atoms with E-state index in [0.717, 1.165) is 11.1 Å². The molecule has 2 N–H and O–H groups in total. The van der Waals surface area contributed by atoms with Crippen molar-refractivity contribution in [1.82, 2.24) is 0 Å². The molecular formula is C16H18FNO2. The van der Waals surface area contributed by atoms with Crippen molar-refractivity contribution in [2.45, 2.75) is 13.0 Å². The first-order chi connectivity index (χ1) is 9.58. The maximum Gasteiger partial charge on any atom is 0.163 e. The van der Waals surface area contributed by atoms with E-state index >= 15 is 0 Å². The van der Waals surface area contributed by atoms with Gasteiger partial charge in [-0.1, -0.05) is 24.3 Å². The molecule has 1 unspecified atom stereocenters. The van der Waals surface area contributed by atoms with Gasteiger partial charge in [0, 0.05) is 11.6 Å². The average Bonchev–Trinajstić information content (AvgIpc) is 2.46. The number of nitrogens with two attached hydrogens (primary N) is 1.